The number of amides is 1. The number of ether oxygens (including phenoxy) is 1. The first-order chi connectivity index (χ1) is 10.1. The lowest BCUT2D eigenvalue weighted by Crippen LogP contribution is -2.27. The number of carbonyl (C=O) groups excluding carboxylic acids is 1. The fourth-order valence-corrected chi connectivity index (χ4v) is 2.69. The molecule has 5 nitrogen and oxygen atoms in total. The maximum Gasteiger partial charge on any atom is 0.233 e. The molecular weight excluding hydrogens is 286 g/mol. The molecule has 6 heteroatoms. The van der Waals surface area contributed by atoms with Crippen molar-refractivity contribution in [2.45, 2.75) is 11.7 Å². The van der Waals surface area contributed by atoms with E-state index in [0.29, 0.717) is 12.3 Å². The van der Waals surface area contributed by atoms with Crippen LogP contribution in [-0.4, -0.2) is 40.3 Å². The Hall–Kier alpha value is -1.95. The van der Waals surface area contributed by atoms with E-state index in [-0.39, 0.29) is 5.91 Å². The average molecular weight is 305 g/mol. The number of thioether (sulfide) groups is 1. The molecule has 1 aromatic heterocycles. The summed E-state index contributed by atoms with van der Waals surface area (Å²) in [5.74, 6) is 1.29. The first-order valence-corrected chi connectivity index (χ1v) is 7.55. The molecule has 0 N–H and O–H groups in total. The van der Waals surface area contributed by atoms with Gasteiger partial charge in [0.25, 0.3) is 0 Å². The Morgan fingerprint density at radius 3 is 2.67 bits per heavy atom. The van der Waals surface area contributed by atoms with Gasteiger partial charge in [-0.2, -0.15) is 0 Å². The summed E-state index contributed by atoms with van der Waals surface area (Å²) in [5.41, 5.74) is 1.08. The Morgan fingerprint density at radius 2 is 2.10 bits per heavy atom. The van der Waals surface area contributed by atoms with Crippen LogP contribution in [0.5, 0.6) is 5.75 Å². The average Bonchev–Trinajstić information content (AvgIpc) is 2.90. The van der Waals surface area contributed by atoms with E-state index in [2.05, 4.69) is 4.98 Å². The van der Waals surface area contributed by atoms with Crippen molar-refractivity contribution in [2.75, 3.05) is 19.9 Å². The highest BCUT2D eigenvalue weighted by Crippen LogP contribution is 2.16. The lowest BCUT2D eigenvalue weighted by atomic mass is 10.2. The number of rotatable bonds is 6. The Kier molecular flexibility index (Phi) is 5.27. The molecule has 0 aliphatic carbocycles. The first kappa shape index (κ1) is 15.4. The van der Waals surface area contributed by atoms with E-state index in [4.69, 9.17) is 4.74 Å². The van der Waals surface area contributed by atoms with Crippen LogP contribution in [0, 0.1) is 0 Å². The fraction of sp³-hybridized carbons (Fsp3) is 0.333. The first-order valence-electron chi connectivity index (χ1n) is 6.57. The van der Waals surface area contributed by atoms with E-state index in [1.165, 1.54) is 11.8 Å². The van der Waals surface area contributed by atoms with Crippen LogP contribution in [0.15, 0.2) is 41.8 Å². The summed E-state index contributed by atoms with van der Waals surface area (Å²) in [6, 6.07) is 7.73. The van der Waals surface area contributed by atoms with E-state index < -0.39 is 0 Å². The summed E-state index contributed by atoms with van der Waals surface area (Å²) in [6.07, 6.45) is 3.60. The molecule has 0 aliphatic heterocycles. The number of hydrogen-bond acceptors (Lipinski definition) is 4. The number of imidazole rings is 1. The second kappa shape index (κ2) is 7.17. The molecule has 0 radical (unpaired) electrons. The van der Waals surface area contributed by atoms with E-state index in [1.807, 2.05) is 49.1 Å². The van der Waals surface area contributed by atoms with Gasteiger partial charge in [0, 0.05) is 33.0 Å². The molecule has 21 heavy (non-hydrogen) atoms. The van der Waals surface area contributed by atoms with E-state index in [0.717, 1.165) is 16.5 Å². The zero-order chi connectivity index (χ0) is 15.2. The minimum absolute atomic E-state index is 0.0822. The van der Waals surface area contributed by atoms with Gasteiger partial charge < -0.3 is 14.2 Å². The molecule has 112 valence electrons. The molecule has 0 atom stereocenters. The third-order valence-electron chi connectivity index (χ3n) is 3.11. The molecule has 1 aromatic carbocycles. The smallest absolute Gasteiger partial charge is 0.233 e. The van der Waals surface area contributed by atoms with Crippen molar-refractivity contribution in [3.05, 3.63) is 42.2 Å². The molecule has 0 aliphatic rings. The zero-order valence-electron chi connectivity index (χ0n) is 12.4. The van der Waals surface area contributed by atoms with Crippen molar-refractivity contribution in [3.63, 3.8) is 0 Å². The van der Waals surface area contributed by atoms with Gasteiger partial charge in [0.15, 0.2) is 5.16 Å². The lowest BCUT2D eigenvalue weighted by molar-refractivity contribution is -0.127. The third-order valence-corrected chi connectivity index (χ3v) is 4.15. The van der Waals surface area contributed by atoms with Crippen LogP contribution < -0.4 is 4.74 Å². The lowest BCUT2D eigenvalue weighted by Gasteiger charge is -2.17. The van der Waals surface area contributed by atoms with Crippen LogP contribution >= 0.6 is 11.8 Å². The third kappa shape index (κ3) is 4.26. The summed E-state index contributed by atoms with van der Waals surface area (Å²) < 4.78 is 7.02. The second-order valence-electron chi connectivity index (χ2n) is 4.71. The van der Waals surface area contributed by atoms with E-state index in [9.17, 15) is 4.79 Å². The van der Waals surface area contributed by atoms with Crippen molar-refractivity contribution in [2.24, 2.45) is 7.05 Å². The molecule has 0 bridgehead atoms. The van der Waals surface area contributed by atoms with E-state index >= 15 is 0 Å². The summed E-state index contributed by atoms with van der Waals surface area (Å²) in [5, 5.41) is 0.848. The van der Waals surface area contributed by atoms with Crippen molar-refractivity contribution in [3.8, 4) is 5.75 Å². The molecule has 0 unspecified atom stereocenters. The zero-order valence-corrected chi connectivity index (χ0v) is 13.3. The van der Waals surface area contributed by atoms with Gasteiger partial charge in [-0.1, -0.05) is 23.9 Å². The molecule has 1 heterocycles. The molecule has 0 fully saturated rings. The Labute approximate surface area is 128 Å². The van der Waals surface area contributed by atoms with Crippen LogP contribution in [0.4, 0.5) is 0 Å². The highest BCUT2D eigenvalue weighted by atomic mass is 32.2. The van der Waals surface area contributed by atoms with Crippen LogP contribution in [0.1, 0.15) is 5.56 Å². The van der Waals surface area contributed by atoms with Gasteiger partial charge in [-0.3, -0.25) is 4.79 Å². The summed E-state index contributed by atoms with van der Waals surface area (Å²) in [4.78, 5) is 18.0. The molecule has 1 amide bonds. The van der Waals surface area contributed by atoms with Gasteiger partial charge >= 0.3 is 0 Å². The normalized spacial score (nSPS) is 10.4. The maximum atomic E-state index is 12.1. The number of aromatic nitrogens is 2. The molecule has 2 aromatic rings. The molecule has 0 saturated heterocycles. The second-order valence-corrected chi connectivity index (χ2v) is 5.65. The summed E-state index contributed by atoms with van der Waals surface area (Å²) >= 11 is 1.45. The quantitative estimate of drug-likeness (QED) is 0.768. The van der Waals surface area contributed by atoms with Crippen molar-refractivity contribution < 1.29 is 9.53 Å². The molecule has 2 rings (SSSR count). The Bertz CT molecular complexity index is 595. The molecule has 0 spiro atoms. The van der Waals surface area contributed by atoms with Crippen LogP contribution in [0.2, 0.25) is 0 Å². The number of hydrogen-bond donors (Lipinski definition) is 0. The summed E-state index contributed by atoms with van der Waals surface area (Å²) in [7, 11) is 5.37. The maximum absolute atomic E-state index is 12.1. The van der Waals surface area contributed by atoms with Gasteiger partial charge in [-0.05, 0) is 17.7 Å². The molecular formula is C15H19N3O2S. The SMILES string of the molecule is COc1ccc(CN(C)C(=O)CSc2nccn2C)cc1. The number of methoxy groups -OCH3 is 1. The van der Waals surface area contributed by atoms with Crippen LogP contribution in [-0.2, 0) is 18.4 Å². The predicted octanol–water partition coefficient (Wildman–Crippen LogP) is 2.18. The van der Waals surface area contributed by atoms with Gasteiger partial charge in [-0.25, -0.2) is 4.98 Å². The van der Waals surface area contributed by atoms with Crippen molar-refractivity contribution >= 4 is 17.7 Å². The minimum atomic E-state index is 0.0822. The Balaban J connectivity index is 1.85. The largest absolute Gasteiger partial charge is 0.497 e. The highest BCUT2D eigenvalue weighted by molar-refractivity contribution is 7.99. The standard InChI is InChI=1S/C15H19N3O2S/c1-17-9-8-16-15(17)21-11-14(19)18(2)10-12-4-6-13(20-3)7-5-12/h4-9H,10-11H2,1-3H3. The number of benzene rings is 1. The van der Waals surface area contributed by atoms with Crippen LogP contribution in [0.25, 0.3) is 0 Å². The molecule has 0 saturated carbocycles. The van der Waals surface area contributed by atoms with Crippen LogP contribution in [0.3, 0.4) is 0 Å². The monoisotopic (exact) mass is 305 g/mol. The summed E-state index contributed by atoms with van der Waals surface area (Å²) in [6.45, 7) is 0.587. The topological polar surface area (TPSA) is 47.4 Å². The number of carbonyl (C=O) groups is 1. The van der Waals surface area contributed by atoms with Gasteiger partial charge in [-0.15, -0.1) is 0 Å². The van der Waals surface area contributed by atoms with E-state index in [1.54, 1.807) is 18.2 Å². The minimum Gasteiger partial charge on any atom is -0.497 e. The van der Waals surface area contributed by atoms with Gasteiger partial charge in [0.05, 0.1) is 12.9 Å². The van der Waals surface area contributed by atoms with Crippen molar-refractivity contribution in [1.29, 1.82) is 0 Å². The highest BCUT2D eigenvalue weighted by Gasteiger charge is 2.11. The number of nitrogens with zero attached hydrogens (tertiary/aromatic N) is 3. The van der Waals surface area contributed by atoms with Gasteiger partial charge in [0.2, 0.25) is 5.91 Å². The van der Waals surface area contributed by atoms with Gasteiger partial charge in [0.1, 0.15) is 5.75 Å². The Morgan fingerprint density at radius 1 is 1.38 bits per heavy atom. The van der Waals surface area contributed by atoms with Crippen molar-refractivity contribution in [1.82, 2.24) is 14.5 Å². The number of aryl methyl sites for hydroxylation is 1. The fourth-order valence-electron chi connectivity index (χ4n) is 1.82. The predicted molar refractivity (Wildman–Crippen MR) is 83.4 cm³/mol.